The summed E-state index contributed by atoms with van der Waals surface area (Å²) in [4.78, 5) is 21.5. The normalized spacial score (nSPS) is 10.6. The monoisotopic (exact) mass is 261 g/mol. The van der Waals surface area contributed by atoms with Gasteiger partial charge < -0.3 is 14.7 Å². The Hall–Kier alpha value is -2.21. The first-order valence-electron chi connectivity index (χ1n) is 5.82. The maximum Gasteiger partial charge on any atom is 0.337 e. The van der Waals surface area contributed by atoms with Crippen LogP contribution in [0.3, 0.4) is 0 Å². The van der Waals surface area contributed by atoms with Crippen LogP contribution in [0.1, 0.15) is 10.4 Å². The van der Waals surface area contributed by atoms with Crippen LogP contribution in [0.15, 0.2) is 24.4 Å². The number of nitrogens with zero attached hydrogens (tertiary/aromatic N) is 3. The number of rotatable bonds is 5. The smallest absolute Gasteiger partial charge is 0.337 e. The third-order valence-corrected chi connectivity index (χ3v) is 2.80. The Labute approximate surface area is 110 Å². The summed E-state index contributed by atoms with van der Waals surface area (Å²) in [6.07, 6.45) is 1.63. The predicted octanol–water partition coefficient (Wildman–Crippen LogP) is 1.41. The first-order chi connectivity index (χ1) is 9.13. The van der Waals surface area contributed by atoms with Gasteiger partial charge in [-0.15, -0.1) is 0 Å². The standard InChI is InChI=1S/C13H15N3O3/c1-16(6-7-19-2)13-14-8-9-4-3-5-10(12(17)18)11(9)15-13/h3-5,8H,6-7H2,1-2H3,(H,17,18). The second kappa shape index (κ2) is 5.62. The highest BCUT2D eigenvalue weighted by Gasteiger charge is 2.12. The van der Waals surface area contributed by atoms with Gasteiger partial charge in [-0.25, -0.2) is 14.8 Å². The molecule has 6 heteroatoms. The zero-order chi connectivity index (χ0) is 13.8. The number of hydrogen-bond acceptors (Lipinski definition) is 5. The summed E-state index contributed by atoms with van der Waals surface area (Å²) < 4.78 is 4.99. The van der Waals surface area contributed by atoms with Crippen molar-refractivity contribution < 1.29 is 14.6 Å². The molecular formula is C13H15N3O3. The molecule has 6 nitrogen and oxygen atoms in total. The molecule has 2 rings (SSSR count). The zero-order valence-electron chi connectivity index (χ0n) is 10.8. The van der Waals surface area contributed by atoms with E-state index in [1.165, 1.54) is 6.07 Å². The molecule has 0 atom stereocenters. The summed E-state index contributed by atoms with van der Waals surface area (Å²) in [5.41, 5.74) is 0.630. The highest BCUT2D eigenvalue weighted by atomic mass is 16.5. The van der Waals surface area contributed by atoms with Gasteiger partial charge in [-0.05, 0) is 6.07 Å². The topological polar surface area (TPSA) is 75.5 Å². The molecule has 0 amide bonds. The number of anilines is 1. The number of aromatic carboxylic acids is 1. The molecule has 0 saturated carbocycles. The Kier molecular flexibility index (Phi) is 3.91. The predicted molar refractivity (Wildman–Crippen MR) is 71.6 cm³/mol. The molecule has 0 unspecified atom stereocenters. The number of likely N-dealkylation sites (N-methyl/N-ethyl adjacent to an activating group) is 1. The molecule has 0 bridgehead atoms. The maximum absolute atomic E-state index is 11.2. The Morgan fingerprint density at radius 1 is 1.47 bits per heavy atom. The van der Waals surface area contributed by atoms with Crippen molar-refractivity contribution in [3.63, 3.8) is 0 Å². The Morgan fingerprint density at radius 3 is 2.95 bits per heavy atom. The van der Waals surface area contributed by atoms with Gasteiger partial charge in [0.25, 0.3) is 0 Å². The number of benzene rings is 1. The first-order valence-corrected chi connectivity index (χ1v) is 5.82. The van der Waals surface area contributed by atoms with Gasteiger partial charge in [0.1, 0.15) is 0 Å². The summed E-state index contributed by atoms with van der Waals surface area (Å²) in [7, 11) is 3.46. The van der Waals surface area contributed by atoms with Gasteiger partial charge in [0.2, 0.25) is 5.95 Å². The number of carboxylic acid groups (broad SMARTS) is 1. The van der Waals surface area contributed by atoms with Crippen molar-refractivity contribution in [3.05, 3.63) is 30.0 Å². The van der Waals surface area contributed by atoms with E-state index in [0.29, 0.717) is 30.0 Å². The van der Waals surface area contributed by atoms with E-state index < -0.39 is 5.97 Å². The quantitative estimate of drug-likeness (QED) is 0.877. The summed E-state index contributed by atoms with van der Waals surface area (Å²) in [5.74, 6) is -0.506. The number of carbonyl (C=O) groups is 1. The fraction of sp³-hybridized carbons (Fsp3) is 0.308. The number of carboxylic acids is 1. The highest BCUT2D eigenvalue weighted by Crippen LogP contribution is 2.18. The van der Waals surface area contributed by atoms with E-state index >= 15 is 0 Å². The number of ether oxygens (including phenoxy) is 1. The van der Waals surface area contributed by atoms with Crippen molar-refractivity contribution in [1.82, 2.24) is 9.97 Å². The lowest BCUT2D eigenvalue weighted by molar-refractivity contribution is 0.0699. The van der Waals surface area contributed by atoms with E-state index in [4.69, 9.17) is 9.84 Å². The number of para-hydroxylation sites is 1. The molecule has 0 aliphatic heterocycles. The van der Waals surface area contributed by atoms with Crippen LogP contribution in [0.2, 0.25) is 0 Å². The number of hydrogen-bond donors (Lipinski definition) is 1. The molecule has 0 radical (unpaired) electrons. The molecule has 1 N–H and O–H groups in total. The van der Waals surface area contributed by atoms with E-state index in [9.17, 15) is 4.79 Å². The average molecular weight is 261 g/mol. The lowest BCUT2D eigenvalue weighted by Crippen LogP contribution is -2.24. The second-order valence-corrected chi connectivity index (χ2v) is 4.13. The molecule has 2 aromatic rings. The van der Waals surface area contributed by atoms with Gasteiger partial charge in [-0.1, -0.05) is 12.1 Å². The van der Waals surface area contributed by atoms with Gasteiger partial charge in [0, 0.05) is 32.3 Å². The van der Waals surface area contributed by atoms with Gasteiger partial charge in [0.15, 0.2) is 0 Å². The molecule has 19 heavy (non-hydrogen) atoms. The van der Waals surface area contributed by atoms with Crippen molar-refractivity contribution >= 4 is 22.8 Å². The lowest BCUT2D eigenvalue weighted by Gasteiger charge is -2.16. The van der Waals surface area contributed by atoms with Gasteiger partial charge in [0.05, 0.1) is 17.7 Å². The molecule has 0 aliphatic rings. The molecule has 1 heterocycles. The van der Waals surface area contributed by atoms with E-state index in [1.54, 1.807) is 25.4 Å². The Morgan fingerprint density at radius 2 is 2.26 bits per heavy atom. The molecule has 0 fully saturated rings. The molecule has 1 aromatic carbocycles. The van der Waals surface area contributed by atoms with Gasteiger partial charge in [-0.3, -0.25) is 0 Å². The highest BCUT2D eigenvalue weighted by molar-refractivity contribution is 6.01. The summed E-state index contributed by atoms with van der Waals surface area (Å²) in [6, 6.07) is 5.01. The number of aromatic nitrogens is 2. The fourth-order valence-corrected chi connectivity index (χ4v) is 1.73. The maximum atomic E-state index is 11.2. The molecule has 1 aromatic heterocycles. The number of methoxy groups -OCH3 is 1. The summed E-state index contributed by atoms with van der Waals surface area (Å²) in [6.45, 7) is 1.19. The van der Waals surface area contributed by atoms with Gasteiger partial charge in [-0.2, -0.15) is 0 Å². The van der Waals surface area contributed by atoms with Crippen molar-refractivity contribution in [2.45, 2.75) is 0 Å². The third-order valence-electron chi connectivity index (χ3n) is 2.80. The van der Waals surface area contributed by atoms with Crippen molar-refractivity contribution in [2.24, 2.45) is 0 Å². The minimum atomic E-state index is -0.991. The van der Waals surface area contributed by atoms with Crippen molar-refractivity contribution in [2.75, 3.05) is 32.2 Å². The van der Waals surface area contributed by atoms with Crippen LogP contribution in [0.25, 0.3) is 10.9 Å². The minimum absolute atomic E-state index is 0.182. The van der Waals surface area contributed by atoms with E-state index in [-0.39, 0.29) is 5.56 Å². The molecule has 0 spiro atoms. The third kappa shape index (κ3) is 2.79. The van der Waals surface area contributed by atoms with Crippen LogP contribution in [0.5, 0.6) is 0 Å². The van der Waals surface area contributed by atoms with Crippen molar-refractivity contribution in [1.29, 1.82) is 0 Å². The van der Waals surface area contributed by atoms with E-state index in [2.05, 4.69) is 9.97 Å². The summed E-state index contributed by atoms with van der Waals surface area (Å²) >= 11 is 0. The van der Waals surface area contributed by atoms with E-state index in [0.717, 1.165) is 0 Å². The first kappa shape index (κ1) is 13.2. The van der Waals surface area contributed by atoms with Crippen molar-refractivity contribution in [3.8, 4) is 0 Å². The molecule has 0 aliphatic carbocycles. The van der Waals surface area contributed by atoms with E-state index in [1.807, 2.05) is 11.9 Å². The lowest BCUT2D eigenvalue weighted by atomic mass is 10.1. The van der Waals surface area contributed by atoms with Crippen LogP contribution < -0.4 is 4.90 Å². The Bertz CT molecular complexity index is 601. The zero-order valence-corrected chi connectivity index (χ0v) is 10.8. The largest absolute Gasteiger partial charge is 0.478 e. The Balaban J connectivity index is 2.43. The minimum Gasteiger partial charge on any atom is -0.478 e. The van der Waals surface area contributed by atoms with Crippen LogP contribution in [-0.2, 0) is 4.74 Å². The SMILES string of the molecule is COCCN(C)c1ncc2cccc(C(=O)O)c2n1. The van der Waals surface area contributed by atoms with Crippen LogP contribution in [-0.4, -0.2) is 48.4 Å². The van der Waals surface area contributed by atoms with Gasteiger partial charge >= 0.3 is 5.97 Å². The second-order valence-electron chi connectivity index (χ2n) is 4.13. The van der Waals surface area contributed by atoms with Crippen LogP contribution in [0.4, 0.5) is 5.95 Å². The molecule has 100 valence electrons. The number of fused-ring (bicyclic) bond motifs is 1. The van der Waals surface area contributed by atoms with Crippen LogP contribution >= 0.6 is 0 Å². The van der Waals surface area contributed by atoms with Crippen LogP contribution in [0, 0.1) is 0 Å². The molecular weight excluding hydrogens is 246 g/mol. The average Bonchev–Trinajstić information content (AvgIpc) is 2.43. The fourth-order valence-electron chi connectivity index (χ4n) is 1.73. The molecule has 0 saturated heterocycles. The summed E-state index contributed by atoms with van der Waals surface area (Å²) in [5, 5.41) is 9.87.